The van der Waals surface area contributed by atoms with Crippen molar-refractivity contribution in [1.82, 2.24) is 20.4 Å². The molecule has 5 nitrogen and oxygen atoms in total. The summed E-state index contributed by atoms with van der Waals surface area (Å²) < 4.78 is 1.91. The van der Waals surface area contributed by atoms with E-state index in [1.54, 1.807) is 6.20 Å². The summed E-state index contributed by atoms with van der Waals surface area (Å²) in [6.45, 7) is 2.58. The minimum absolute atomic E-state index is 0.00452. The number of hydrogen-bond donors (Lipinski definition) is 2. The second-order valence-electron chi connectivity index (χ2n) is 4.42. The van der Waals surface area contributed by atoms with E-state index in [2.05, 4.69) is 15.7 Å². The van der Waals surface area contributed by atoms with Gasteiger partial charge in [-0.15, -0.1) is 0 Å². The quantitative estimate of drug-likeness (QED) is 0.733. The number of carbonyl (C=O) groups excluding carboxylic acids is 1. The van der Waals surface area contributed by atoms with Crippen molar-refractivity contribution in [3.63, 3.8) is 0 Å². The van der Waals surface area contributed by atoms with Gasteiger partial charge in [0, 0.05) is 25.5 Å². The molecular formula is C12H20N4O. The normalized spacial score (nSPS) is 20.9. The zero-order chi connectivity index (χ0) is 11.9. The number of aromatic nitrogens is 2. The Kier molecular flexibility index (Phi) is 4.55. The van der Waals surface area contributed by atoms with Crippen LogP contribution in [0.5, 0.6) is 0 Å². The fourth-order valence-corrected chi connectivity index (χ4v) is 2.08. The van der Waals surface area contributed by atoms with Crippen LogP contribution in [0.25, 0.3) is 0 Å². The number of hydrogen-bond acceptors (Lipinski definition) is 3. The SMILES string of the molecule is O=C1NCCCCC1NCCCn1cccn1. The molecule has 2 N–H and O–H groups in total. The maximum absolute atomic E-state index is 11.6. The first-order chi connectivity index (χ1) is 8.36. The molecule has 2 rings (SSSR count). The van der Waals surface area contributed by atoms with E-state index in [4.69, 9.17) is 0 Å². The van der Waals surface area contributed by atoms with E-state index in [0.717, 1.165) is 45.3 Å². The Balaban J connectivity index is 1.65. The van der Waals surface area contributed by atoms with Crippen molar-refractivity contribution >= 4 is 5.91 Å². The van der Waals surface area contributed by atoms with E-state index in [0.29, 0.717) is 0 Å². The summed E-state index contributed by atoms with van der Waals surface area (Å²) in [4.78, 5) is 11.6. The molecule has 17 heavy (non-hydrogen) atoms. The van der Waals surface area contributed by atoms with Gasteiger partial charge >= 0.3 is 0 Å². The van der Waals surface area contributed by atoms with Crippen molar-refractivity contribution in [2.75, 3.05) is 13.1 Å². The fourth-order valence-electron chi connectivity index (χ4n) is 2.08. The predicted molar refractivity (Wildman–Crippen MR) is 65.5 cm³/mol. The number of amides is 1. The molecule has 1 aromatic rings. The highest BCUT2D eigenvalue weighted by molar-refractivity contribution is 5.81. The summed E-state index contributed by atoms with van der Waals surface area (Å²) in [6, 6.07) is 1.92. The van der Waals surface area contributed by atoms with Crippen molar-refractivity contribution in [3.05, 3.63) is 18.5 Å². The van der Waals surface area contributed by atoms with Gasteiger partial charge in [0.2, 0.25) is 5.91 Å². The molecule has 94 valence electrons. The zero-order valence-corrected chi connectivity index (χ0v) is 10.1. The summed E-state index contributed by atoms with van der Waals surface area (Å²) in [6.07, 6.45) is 7.90. The molecule has 0 aromatic carbocycles. The molecule has 0 aliphatic carbocycles. The molecule has 1 aromatic heterocycles. The van der Waals surface area contributed by atoms with Crippen LogP contribution >= 0.6 is 0 Å². The molecule has 0 bridgehead atoms. The predicted octanol–water partition coefficient (Wildman–Crippen LogP) is 0.531. The number of nitrogens with one attached hydrogen (secondary N) is 2. The number of nitrogens with zero attached hydrogens (tertiary/aromatic N) is 2. The molecule has 0 saturated carbocycles. The molecule has 1 aliphatic heterocycles. The van der Waals surface area contributed by atoms with Gasteiger partial charge in [0.25, 0.3) is 0 Å². The average Bonchev–Trinajstić information content (AvgIpc) is 2.76. The summed E-state index contributed by atoms with van der Waals surface area (Å²) in [5.41, 5.74) is 0. The number of carbonyl (C=O) groups is 1. The van der Waals surface area contributed by atoms with E-state index >= 15 is 0 Å². The second-order valence-corrected chi connectivity index (χ2v) is 4.42. The van der Waals surface area contributed by atoms with Crippen LogP contribution in [0.1, 0.15) is 25.7 Å². The standard InChI is InChI=1S/C12H20N4O/c17-12-11(5-1-2-6-14-12)13-7-3-9-16-10-4-8-15-16/h4,8,10-11,13H,1-3,5-7,9H2,(H,14,17). The molecule has 1 unspecified atom stereocenters. The van der Waals surface area contributed by atoms with Crippen LogP contribution in [0.3, 0.4) is 0 Å². The van der Waals surface area contributed by atoms with Crippen molar-refractivity contribution in [2.24, 2.45) is 0 Å². The Morgan fingerprint density at radius 2 is 2.47 bits per heavy atom. The number of rotatable bonds is 5. The van der Waals surface area contributed by atoms with Crippen molar-refractivity contribution in [2.45, 2.75) is 38.3 Å². The maximum atomic E-state index is 11.6. The van der Waals surface area contributed by atoms with Crippen LogP contribution in [0, 0.1) is 0 Å². The van der Waals surface area contributed by atoms with E-state index in [1.165, 1.54) is 0 Å². The van der Waals surface area contributed by atoms with Crippen molar-refractivity contribution < 1.29 is 4.79 Å². The smallest absolute Gasteiger partial charge is 0.237 e. The van der Waals surface area contributed by atoms with Crippen LogP contribution in [-0.2, 0) is 11.3 Å². The zero-order valence-electron chi connectivity index (χ0n) is 10.1. The van der Waals surface area contributed by atoms with Crippen LogP contribution in [0.4, 0.5) is 0 Å². The lowest BCUT2D eigenvalue weighted by Gasteiger charge is -2.14. The molecule has 0 spiro atoms. The van der Waals surface area contributed by atoms with Gasteiger partial charge in [0.05, 0.1) is 6.04 Å². The summed E-state index contributed by atoms with van der Waals surface area (Å²) in [5.74, 6) is 0.154. The highest BCUT2D eigenvalue weighted by atomic mass is 16.2. The molecule has 1 amide bonds. The summed E-state index contributed by atoms with van der Waals surface area (Å²) in [7, 11) is 0. The molecule has 1 fully saturated rings. The van der Waals surface area contributed by atoms with Crippen LogP contribution < -0.4 is 10.6 Å². The number of aryl methyl sites for hydroxylation is 1. The molecule has 5 heteroatoms. The molecule has 2 heterocycles. The largest absolute Gasteiger partial charge is 0.355 e. The minimum atomic E-state index is -0.00452. The first-order valence-corrected chi connectivity index (χ1v) is 6.35. The third-order valence-electron chi connectivity index (χ3n) is 3.05. The monoisotopic (exact) mass is 236 g/mol. The second kappa shape index (κ2) is 6.39. The molecule has 1 saturated heterocycles. The summed E-state index contributed by atoms with van der Waals surface area (Å²) >= 11 is 0. The Bertz CT molecular complexity index is 336. The van der Waals surface area contributed by atoms with Gasteiger partial charge in [-0.3, -0.25) is 9.48 Å². The third kappa shape index (κ3) is 3.85. The molecular weight excluding hydrogens is 216 g/mol. The average molecular weight is 236 g/mol. The van der Waals surface area contributed by atoms with Gasteiger partial charge in [-0.2, -0.15) is 5.10 Å². The first-order valence-electron chi connectivity index (χ1n) is 6.35. The van der Waals surface area contributed by atoms with Crippen LogP contribution in [-0.4, -0.2) is 34.8 Å². The Hall–Kier alpha value is -1.36. The van der Waals surface area contributed by atoms with Gasteiger partial charge < -0.3 is 10.6 Å². The lowest BCUT2D eigenvalue weighted by Crippen LogP contribution is -2.43. The maximum Gasteiger partial charge on any atom is 0.237 e. The lowest BCUT2D eigenvalue weighted by atomic mass is 10.1. The summed E-state index contributed by atoms with van der Waals surface area (Å²) in [5, 5.41) is 10.4. The van der Waals surface area contributed by atoms with E-state index in [-0.39, 0.29) is 11.9 Å². The highest BCUT2D eigenvalue weighted by Gasteiger charge is 2.19. The van der Waals surface area contributed by atoms with E-state index in [1.807, 2.05) is 16.9 Å². The van der Waals surface area contributed by atoms with Gasteiger partial charge in [0.15, 0.2) is 0 Å². The van der Waals surface area contributed by atoms with Crippen molar-refractivity contribution in [3.8, 4) is 0 Å². The lowest BCUT2D eigenvalue weighted by molar-refractivity contribution is -0.122. The van der Waals surface area contributed by atoms with Gasteiger partial charge in [-0.25, -0.2) is 0 Å². The molecule has 1 atom stereocenters. The van der Waals surface area contributed by atoms with Gasteiger partial charge in [-0.05, 0) is 38.3 Å². The Morgan fingerprint density at radius 3 is 3.29 bits per heavy atom. The molecule has 0 radical (unpaired) electrons. The topological polar surface area (TPSA) is 59.0 Å². The fraction of sp³-hybridized carbons (Fsp3) is 0.667. The Morgan fingerprint density at radius 1 is 1.53 bits per heavy atom. The van der Waals surface area contributed by atoms with E-state index in [9.17, 15) is 4.79 Å². The van der Waals surface area contributed by atoms with Gasteiger partial charge in [-0.1, -0.05) is 0 Å². The van der Waals surface area contributed by atoms with Crippen molar-refractivity contribution in [1.29, 1.82) is 0 Å². The molecule has 1 aliphatic rings. The first kappa shape index (κ1) is 12.1. The van der Waals surface area contributed by atoms with Crippen LogP contribution in [0.2, 0.25) is 0 Å². The minimum Gasteiger partial charge on any atom is -0.355 e. The Labute approximate surface area is 102 Å². The van der Waals surface area contributed by atoms with Gasteiger partial charge in [0.1, 0.15) is 0 Å². The van der Waals surface area contributed by atoms with Crippen LogP contribution in [0.15, 0.2) is 18.5 Å². The third-order valence-corrected chi connectivity index (χ3v) is 3.05. The highest BCUT2D eigenvalue weighted by Crippen LogP contribution is 2.05. The van der Waals surface area contributed by atoms with E-state index < -0.39 is 0 Å².